The van der Waals surface area contributed by atoms with Crippen LogP contribution in [0.15, 0.2) is 57.9 Å². The summed E-state index contributed by atoms with van der Waals surface area (Å²) in [5.74, 6) is 0.0611. The first-order chi connectivity index (χ1) is 17.5. The van der Waals surface area contributed by atoms with E-state index in [1.54, 1.807) is 6.07 Å². The molecule has 0 saturated carbocycles. The van der Waals surface area contributed by atoms with Gasteiger partial charge in [-0.25, -0.2) is 9.59 Å². The Bertz CT molecular complexity index is 1260. The molecule has 0 aliphatic rings. The summed E-state index contributed by atoms with van der Waals surface area (Å²) in [6.45, 7) is 4.54. The number of hydrogen-bond acceptors (Lipinski definition) is 7. The van der Waals surface area contributed by atoms with E-state index in [0.29, 0.717) is 47.3 Å². The summed E-state index contributed by atoms with van der Waals surface area (Å²) in [6.07, 6.45) is 5.06. The highest BCUT2D eigenvalue weighted by Gasteiger charge is 2.18. The molecule has 0 spiro atoms. The smallest absolute Gasteiger partial charge is 0.341 e. The maximum atomic E-state index is 12.8. The van der Waals surface area contributed by atoms with Gasteiger partial charge in [-0.2, -0.15) is 0 Å². The monoisotopic (exact) mass is 494 g/mol. The van der Waals surface area contributed by atoms with Gasteiger partial charge in [0.25, 0.3) is 0 Å². The van der Waals surface area contributed by atoms with Crippen LogP contribution in [0.5, 0.6) is 5.75 Å². The molecule has 3 aromatic rings. The maximum Gasteiger partial charge on any atom is 0.341 e. The average Bonchev–Trinajstić information content (AvgIpc) is 2.88. The Hall–Kier alpha value is -3.58. The number of aliphatic hydroxyl groups excluding tert-OH is 1. The van der Waals surface area contributed by atoms with Crippen molar-refractivity contribution in [1.29, 1.82) is 0 Å². The number of esters is 1. The lowest BCUT2D eigenvalue weighted by Gasteiger charge is -2.14. The fraction of sp³-hybridized carbons (Fsp3) is 0.379. The summed E-state index contributed by atoms with van der Waals surface area (Å²) in [7, 11) is 1.48. The molecule has 0 bridgehead atoms. The Balaban J connectivity index is 1.78. The van der Waals surface area contributed by atoms with Gasteiger partial charge in [0.1, 0.15) is 23.5 Å². The van der Waals surface area contributed by atoms with Gasteiger partial charge in [0.2, 0.25) is 0 Å². The molecule has 1 aromatic heterocycles. The summed E-state index contributed by atoms with van der Waals surface area (Å²) in [5, 5.41) is 9.77. The van der Waals surface area contributed by atoms with Crippen LogP contribution in [0, 0.1) is 6.92 Å². The van der Waals surface area contributed by atoms with Crippen molar-refractivity contribution >= 4 is 22.5 Å². The minimum Gasteiger partial charge on any atom is -0.503 e. The first-order valence-electron chi connectivity index (χ1n) is 12.3. The second-order valence-corrected chi connectivity index (χ2v) is 8.53. The quantitative estimate of drug-likeness (QED) is 0.113. The summed E-state index contributed by atoms with van der Waals surface area (Å²) in [6, 6.07) is 12.8. The molecule has 7 heteroatoms. The van der Waals surface area contributed by atoms with Crippen molar-refractivity contribution in [2.24, 2.45) is 0 Å². The van der Waals surface area contributed by atoms with Crippen molar-refractivity contribution in [2.45, 2.75) is 52.6 Å². The Kier molecular flexibility index (Phi) is 10.1. The van der Waals surface area contributed by atoms with Gasteiger partial charge in [-0.15, -0.1) is 0 Å². The van der Waals surface area contributed by atoms with Crippen LogP contribution < -0.4 is 10.4 Å². The van der Waals surface area contributed by atoms with Crippen molar-refractivity contribution in [3.8, 4) is 5.75 Å². The summed E-state index contributed by atoms with van der Waals surface area (Å²) >= 11 is 0. The first kappa shape index (κ1) is 27.0. The Morgan fingerprint density at radius 3 is 2.67 bits per heavy atom. The van der Waals surface area contributed by atoms with Crippen LogP contribution in [0.25, 0.3) is 16.5 Å². The van der Waals surface area contributed by atoms with E-state index < -0.39 is 5.97 Å². The van der Waals surface area contributed by atoms with Gasteiger partial charge in [0.05, 0.1) is 20.0 Å². The third kappa shape index (κ3) is 6.76. The van der Waals surface area contributed by atoms with E-state index >= 15 is 0 Å². The Morgan fingerprint density at radius 1 is 1.11 bits per heavy atom. The van der Waals surface area contributed by atoms with Crippen LogP contribution in [0.1, 0.15) is 54.9 Å². The summed E-state index contributed by atoms with van der Waals surface area (Å²) in [4.78, 5) is 25.2. The van der Waals surface area contributed by atoms with Crippen LogP contribution in [0.2, 0.25) is 0 Å². The molecule has 2 aromatic carbocycles. The van der Waals surface area contributed by atoms with E-state index in [9.17, 15) is 9.59 Å². The van der Waals surface area contributed by atoms with Crippen molar-refractivity contribution in [3.63, 3.8) is 0 Å². The van der Waals surface area contributed by atoms with Crippen LogP contribution in [-0.4, -0.2) is 31.4 Å². The number of benzene rings is 2. The van der Waals surface area contributed by atoms with E-state index in [-0.39, 0.29) is 25.4 Å². The van der Waals surface area contributed by atoms with Crippen LogP contribution >= 0.6 is 0 Å². The number of aryl methyl sites for hydroxylation is 1. The standard InChI is InChI=1S/C29H34O7/c1-4-10-24-20(2)23-14-13-22(17-27(23)36-29(24)32)35-18-21-11-6-7-12-25(21)26(19-33-3)28(31)34-16-9-5-8-15-30/h6-7,11-14,17,19,30H,4-5,8-10,15-16,18H2,1-3H3/b26-19+. The van der Waals surface area contributed by atoms with E-state index in [1.165, 1.54) is 13.4 Å². The molecule has 0 amide bonds. The van der Waals surface area contributed by atoms with Crippen molar-refractivity contribution in [1.82, 2.24) is 0 Å². The highest BCUT2D eigenvalue weighted by molar-refractivity contribution is 6.16. The van der Waals surface area contributed by atoms with E-state index in [0.717, 1.165) is 29.4 Å². The van der Waals surface area contributed by atoms with Crippen LogP contribution in [-0.2, 0) is 27.3 Å². The molecular formula is C29H34O7. The molecular weight excluding hydrogens is 460 g/mol. The van der Waals surface area contributed by atoms with Crippen molar-refractivity contribution < 1.29 is 28.5 Å². The number of carbonyl (C=O) groups is 1. The molecule has 1 N–H and O–H groups in total. The number of carbonyl (C=O) groups excluding carboxylic acids is 1. The number of aliphatic hydroxyl groups is 1. The molecule has 1 heterocycles. The highest BCUT2D eigenvalue weighted by Crippen LogP contribution is 2.27. The topological polar surface area (TPSA) is 95.2 Å². The lowest BCUT2D eigenvalue weighted by Crippen LogP contribution is -2.11. The molecule has 0 aliphatic carbocycles. The maximum absolute atomic E-state index is 12.8. The molecule has 192 valence electrons. The van der Waals surface area contributed by atoms with Crippen molar-refractivity contribution in [3.05, 3.63) is 81.4 Å². The fourth-order valence-electron chi connectivity index (χ4n) is 4.05. The van der Waals surface area contributed by atoms with Crippen LogP contribution in [0.4, 0.5) is 0 Å². The third-order valence-corrected chi connectivity index (χ3v) is 5.95. The van der Waals surface area contributed by atoms with Gasteiger partial charge < -0.3 is 23.7 Å². The summed E-state index contributed by atoms with van der Waals surface area (Å²) in [5.41, 5.74) is 3.53. The zero-order valence-corrected chi connectivity index (χ0v) is 21.2. The molecule has 7 nitrogen and oxygen atoms in total. The van der Waals surface area contributed by atoms with E-state index in [4.69, 9.17) is 23.7 Å². The lowest BCUT2D eigenvalue weighted by molar-refractivity contribution is -0.136. The molecule has 0 aliphatic heterocycles. The summed E-state index contributed by atoms with van der Waals surface area (Å²) < 4.78 is 22.2. The zero-order chi connectivity index (χ0) is 25.9. The minimum atomic E-state index is -0.487. The Morgan fingerprint density at radius 2 is 1.92 bits per heavy atom. The second-order valence-electron chi connectivity index (χ2n) is 8.53. The molecule has 3 rings (SSSR count). The normalized spacial score (nSPS) is 11.5. The first-order valence-corrected chi connectivity index (χ1v) is 12.3. The predicted octanol–water partition coefficient (Wildman–Crippen LogP) is 5.33. The number of methoxy groups -OCH3 is 1. The van der Waals surface area contributed by atoms with E-state index in [2.05, 4.69) is 0 Å². The third-order valence-electron chi connectivity index (χ3n) is 5.95. The van der Waals surface area contributed by atoms with Crippen molar-refractivity contribution in [2.75, 3.05) is 20.3 Å². The Labute approximate surface area is 211 Å². The highest BCUT2D eigenvalue weighted by atomic mass is 16.5. The number of fused-ring (bicyclic) bond motifs is 1. The van der Waals surface area contributed by atoms with Gasteiger partial charge in [-0.05, 0) is 61.4 Å². The number of unbranched alkanes of at least 4 members (excludes halogenated alkanes) is 2. The molecule has 36 heavy (non-hydrogen) atoms. The number of ether oxygens (including phenoxy) is 3. The predicted molar refractivity (Wildman–Crippen MR) is 139 cm³/mol. The molecule has 0 fully saturated rings. The molecule has 0 unspecified atom stereocenters. The minimum absolute atomic E-state index is 0.124. The number of rotatable bonds is 13. The largest absolute Gasteiger partial charge is 0.503 e. The fourth-order valence-corrected chi connectivity index (χ4v) is 4.05. The SMILES string of the molecule is CCCc1c(C)c2ccc(OCc3ccccc3/C(=C\OC)C(=O)OCCCCCO)cc2oc1=O. The molecule has 0 radical (unpaired) electrons. The average molecular weight is 495 g/mol. The van der Waals surface area contributed by atoms with Gasteiger partial charge >= 0.3 is 11.6 Å². The van der Waals surface area contributed by atoms with Crippen LogP contribution in [0.3, 0.4) is 0 Å². The zero-order valence-electron chi connectivity index (χ0n) is 21.2. The number of hydrogen-bond donors (Lipinski definition) is 1. The van der Waals surface area contributed by atoms with E-state index in [1.807, 2.05) is 50.2 Å². The molecule has 0 saturated heterocycles. The second kappa shape index (κ2) is 13.5. The molecule has 0 atom stereocenters. The van der Waals surface area contributed by atoms with Gasteiger partial charge in [-0.1, -0.05) is 37.6 Å². The van der Waals surface area contributed by atoms with Gasteiger partial charge in [-0.3, -0.25) is 0 Å². The van der Waals surface area contributed by atoms with Gasteiger partial charge in [0, 0.05) is 23.6 Å². The van der Waals surface area contributed by atoms with Gasteiger partial charge in [0.15, 0.2) is 0 Å². The lowest BCUT2D eigenvalue weighted by atomic mass is 10.0.